The molecule has 5 heteroatoms. The quantitative estimate of drug-likeness (QED) is 0.671. The van der Waals surface area contributed by atoms with Crippen LogP contribution in [0.2, 0.25) is 0 Å². The zero-order valence-corrected chi connectivity index (χ0v) is 8.82. The number of nitrogens with one attached hydrogen (secondary N) is 2. The molecule has 80 valence electrons. The van der Waals surface area contributed by atoms with Gasteiger partial charge in [0.15, 0.2) is 5.69 Å². The average molecular weight is 205 g/mol. The van der Waals surface area contributed by atoms with Crippen LogP contribution in [0.15, 0.2) is 12.4 Å². The molecule has 0 radical (unpaired) electrons. The van der Waals surface area contributed by atoms with Crippen LogP contribution in [0.25, 0.3) is 0 Å². The van der Waals surface area contributed by atoms with Crippen LogP contribution in [-0.2, 0) is 0 Å². The fourth-order valence-corrected chi connectivity index (χ4v) is 1.06. The monoisotopic (exact) mass is 205 g/mol. The lowest BCUT2D eigenvalue weighted by atomic mass is 10.4. The van der Waals surface area contributed by atoms with Crippen LogP contribution in [0.4, 0.5) is 5.82 Å². The van der Waals surface area contributed by atoms with Crippen molar-refractivity contribution >= 4 is 5.82 Å². The van der Waals surface area contributed by atoms with E-state index in [0.717, 1.165) is 26.1 Å². The van der Waals surface area contributed by atoms with Gasteiger partial charge in [-0.3, -0.25) is 0 Å². The summed E-state index contributed by atoms with van der Waals surface area (Å²) in [5.74, 6) is 0.701. The molecule has 2 N–H and O–H groups in total. The van der Waals surface area contributed by atoms with Crippen molar-refractivity contribution in [1.82, 2.24) is 15.3 Å². The molecule has 0 saturated heterocycles. The zero-order chi connectivity index (χ0) is 10.9. The first-order chi connectivity index (χ1) is 7.36. The molecule has 0 aliphatic carbocycles. The molecule has 0 saturated carbocycles. The number of anilines is 1. The molecule has 0 aromatic carbocycles. The van der Waals surface area contributed by atoms with Gasteiger partial charge >= 0.3 is 0 Å². The molecule has 5 nitrogen and oxygen atoms in total. The fourth-order valence-electron chi connectivity index (χ4n) is 1.06. The first-order valence-electron chi connectivity index (χ1n) is 5.03. The van der Waals surface area contributed by atoms with E-state index >= 15 is 0 Å². The minimum atomic E-state index is 0.338. The second kappa shape index (κ2) is 6.74. The van der Waals surface area contributed by atoms with Crippen molar-refractivity contribution < 1.29 is 0 Å². The van der Waals surface area contributed by atoms with E-state index in [0.29, 0.717) is 11.5 Å². The van der Waals surface area contributed by atoms with Crippen LogP contribution in [0.5, 0.6) is 0 Å². The minimum absolute atomic E-state index is 0.338. The molecule has 1 aromatic heterocycles. The standard InChI is InChI=1S/C10H15N5/c1-2-3-12-4-5-13-10-8-14-9(6-11)7-15-10/h7-8,12H,2-5H2,1H3,(H,13,15). The summed E-state index contributed by atoms with van der Waals surface area (Å²) in [5.41, 5.74) is 0.338. The van der Waals surface area contributed by atoms with Crippen LogP contribution in [-0.4, -0.2) is 29.6 Å². The van der Waals surface area contributed by atoms with Crippen LogP contribution in [0.1, 0.15) is 19.0 Å². The Bertz CT molecular complexity index is 314. The Morgan fingerprint density at radius 1 is 1.27 bits per heavy atom. The molecule has 1 heterocycles. The van der Waals surface area contributed by atoms with Gasteiger partial charge in [0.2, 0.25) is 0 Å². The van der Waals surface area contributed by atoms with E-state index in [1.807, 2.05) is 6.07 Å². The molecular formula is C10H15N5. The van der Waals surface area contributed by atoms with E-state index in [1.165, 1.54) is 6.20 Å². The number of nitrogens with zero attached hydrogens (tertiary/aromatic N) is 3. The van der Waals surface area contributed by atoms with Crippen molar-refractivity contribution in [1.29, 1.82) is 5.26 Å². The summed E-state index contributed by atoms with van der Waals surface area (Å²) in [6.45, 7) is 4.86. The summed E-state index contributed by atoms with van der Waals surface area (Å²) in [5, 5.41) is 14.9. The first kappa shape index (κ1) is 11.4. The van der Waals surface area contributed by atoms with Crippen molar-refractivity contribution in [3.63, 3.8) is 0 Å². The number of hydrogen-bond donors (Lipinski definition) is 2. The maximum Gasteiger partial charge on any atom is 0.158 e. The van der Waals surface area contributed by atoms with Crippen LogP contribution < -0.4 is 10.6 Å². The second-order valence-corrected chi connectivity index (χ2v) is 3.08. The Hall–Kier alpha value is -1.67. The molecule has 1 aromatic rings. The lowest BCUT2D eigenvalue weighted by Crippen LogP contribution is -2.23. The van der Waals surface area contributed by atoms with Gasteiger partial charge in [0.1, 0.15) is 11.9 Å². The van der Waals surface area contributed by atoms with Gasteiger partial charge in [0, 0.05) is 13.1 Å². The third kappa shape index (κ3) is 4.38. The highest BCUT2D eigenvalue weighted by Gasteiger charge is 1.94. The maximum absolute atomic E-state index is 8.52. The van der Waals surface area contributed by atoms with E-state index in [1.54, 1.807) is 6.20 Å². The molecule has 0 aliphatic rings. The predicted octanol–water partition coefficient (Wildman–Crippen LogP) is 0.760. The Morgan fingerprint density at radius 2 is 2.13 bits per heavy atom. The Kier molecular flexibility index (Phi) is 5.12. The van der Waals surface area contributed by atoms with Gasteiger partial charge in [0.05, 0.1) is 12.4 Å². The smallest absolute Gasteiger partial charge is 0.158 e. The van der Waals surface area contributed by atoms with Crippen molar-refractivity contribution in [3.05, 3.63) is 18.1 Å². The van der Waals surface area contributed by atoms with Gasteiger partial charge < -0.3 is 10.6 Å². The Morgan fingerprint density at radius 3 is 2.73 bits per heavy atom. The molecule has 0 fully saturated rings. The highest BCUT2D eigenvalue weighted by atomic mass is 15.0. The molecular weight excluding hydrogens is 190 g/mol. The van der Waals surface area contributed by atoms with Crippen molar-refractivity contribution in [2.75, 3.05) is 25.0 Å². The highest BCUT2D eigenvalue weighted by molar-refractivity contribution is 5.32. The summed E-state index contributed by atoms with van der Waals surface area (Å²) in [7, 11) is 0. The van der Waals surface area contributed by atoms with Gasteiger partial charge in [-0.2, -0.15) is 5.26 Å². The number of rotatable bonds is 6. The molecule has 1 rings (SSSR count). The first-order valence-corrected chi connectivity index (χ1v) is 5.03. The third-order valence-corrected chi connectivity index (χ3v) is 1.80. The van der Waals surface area contributed by atoms with E-state index in [4.69, 9.17) is 5.26 Å². The van der Waals surface area contributed by atoms with Crippen LogP contribution in [0, 0.1) is 11.3 Å². The van der Waals surface area contributed by atoms with Gasteiger partial charge in [-0.15, -0.1) is 0 Å². The van der Waals surface area contributed by atoms with E-state index in [2.05, 4.69) is 27.5 Å². The van der Waals surface area contributed by atoms with E-state index < -0.39 is 0 Å². The number of aromatic nitrogens is 2. The highest BCUT2D eigenvalue weighted by Crippen LogP contribution is 1.98. The zero-order valence-electron chi connectivity index (χ0n) is 8.82. The largest absolute Gasteiger partial charge is 0.368 e. The second-order valence-electron chi connectivity index (χ2n) is 3.08. The van der Waals surface area contributed by atoms with E-state index in [9.17, 15) is 0 Å². The van der Waals surface area contributed by atoms with Gasteiger partial charge in [0.25, 0.3) is 0 Å². The molecule has 0 atom stereocenters. The summed E-state index contributed by atoms with van der Waals surface area (Å²) in [6.07, 6.45) is 4.16. The van der Waals surface area contributed by atoms with Gasteiger partial charge in [-0.1, -0.05) is 6.92 Å². The maximum atomic E-state index is 8.52. The minimum Gasteiger partial charge on any atom is -0.368 e. The SMILES string of the molecule is CCCNCCNc1cnc(C#N)cn1. The van der Waals surface area contributed by atoms with Gasteiger partial charge in [-0.05, 0) is 13.0 Å². The van der Waals surface area contributed by atoms with Crippen LogP contribution in [0.3, 0.4) is 0 Å². The van der Waals surface area contributed by atoms with Crippen molar-refractivity contribution in [2.45, 2.75) is 13.3 Å². The summed E-state index contributed by atoms with van der Waals surface area (Å²) < 4.78 is 0. The lowest BCUT2D eigenvalue weighted by molar-refractivity contribution is 0.687. The number of nitriles is 1. The fraction of sp³-hybridized carbons (Fsp3) is 0.500. The normalized spacial score (nSPS) is 9.60. The van der Waals surface area contributed by atoms with Gasteiger partial charge in [-0.25, -0.2) is 9.97 Å². The summed E-state index contributed by atoms with van der Waals surface area (Å²) in [4.78, 5) is 7.95. The van der Waals surface area contributed by atoms with Crippen molar-refractivity contribution in [3.8, 4) is 6.07 Å². The lowest BCUT2D eigenvalue weighted by Gasteiger charge is -2.05. The summed E-state index contributed by atoms with van der Waals surface area (Å²) >= 11 is 0. The predicted molar refractivity (Wildman–Crippen MR) is 58.4 cm³/mol. The topological polar surface area (TPSA) is 73.6 Å². The molecule has 0 aliphatic heterocycles. The van der Waals surface area contributed by atoms with E-state index in [-0.39, 0.29) is 0 Å². The molecule has 0 bridgehead atoms. The Balaban J connectivity index is 2.23. The Labute approximate surface area is 89.6 Å². The molecule has 15 heavy (non-hydrogen) atoms. The average Bonchev–Trinajstić information content (AvgIpc) is 2.30. The number of hydrogen-bond acceptors (Lipinski definition) is 5. The molecule has 0 unspecified atom stereocenters. The summed E-state index contributed by atoms with van der Waals surface area (Å²) in [6, 6.07) is 1.92. The molecule has 0 amide bonds. The third-order valence-electron chi connectivity index (χ3n) is 1.80. The van der Waals surface area contributed by atoms with Crippen molar-refractivity contribution in [2.24, 2.45) is 0 Å². The van der Waals surface area contributed by atoms with Crippen LogP contribution >= 0.6 is 0 Å². The molecule has 0 spiro atoms.